The Bertz CT molecular complexity index is 1070. The molecular formula is C21H20FN5O3S. The number of nitrogens with one attached hydrogen (secondary N) is 2. The number of hydrogen-bond donors (Lipinski definition) is 2. The number of carbonyl (C=O) groups is 2. The molecule has 2 aromatic carbocycles. The lowest BCUT2D eigenvalue weighted by molar-refractivity contribution is 0.102. The molecule has 160 valence electrons. The molecule has 4 rings (SSSR count). The van der Waals surface area contributed by atoms with Gasteiger partial charge in [-0.3, -0.25) is 4.79 Å². The first-order valence-electron chi connectivity index (χ1n) is 9.65. The van der Waals surface area contributed by atoms with Gasteiger partial charge in [0.05, 0.1) is 13.2 Å². The van der Waals surface area contributed by atoms with Gasteiger partial charge in [0.2, 0.25) is 5.01 Å². The lowest BCUT2D eigenvalue weighted by Gasteiger charge is -2.23. The molecule has 3 aromatic rings. The maximum Gasteiger partial charge on any atom is 0.322 e. The second kappa shape index (κ2) is 9.09. The number of carbonyl (C=O) groups excluding carboxylic acids is 2. The molecule has 0 bridgehead atoms. The van der Waals surface area contributed by atoms with Crippen LogP contribution in [0.5, 0.6) is 5.75 Å². The van der Waals surface area contributed by atoms with Crippen molar-refractivity contribution in [3.8, 4) is 5.75 Å². The predicted octanol–water partition coefficient (Wildman–Crippen LogP) is 4.31. The first kappa shape index (κ1) is 20.7. The summed E-state index contributed by atoms with van der Waals surface area (Å²) in [6.07, 6.45) is 1.57. The third-order valence-electron chi connectivity index (χ3n) is 4.88. The van der Waals surface area contributed by atoms with Crippen molar-refractivity contribution in [2.75, 3.05) is 24.3 Å². The summed E-state index contributed by atoms with van der Waals surface area (Å²) in [7, 11) is 1.58. The van der Waals surface area contributed by atoms with Crippen molar-refractivity contribution in [2.24, 2.45) is 0 Å². The zero-order valence-electron chi connectivity index (χ0n) is 16.7. The summed E-state index contributed by atoms with van der Waals surface area (Å²) in [4.78, 5) is 26.9. The van der Waals surface area contributed by atoms with Gasteiger partial charge in [0.25, 0.3) is 5.91 Å². The molecular weight excluding hydrogens is 421 g/mol. The summed E-state index contributed by atoms with van der Waals surface area (Å²) in [6, 6.07) is 12.1. The first-order valence-corrected chi connectivity index (χ1v) is 10.5. The topological polar surface area (TPSA) is 96.4 Å². The fourth-order valence-electron chi connectivity index (χ4n) is 3.31. The average molecular weight is 441 g/mol. The van der Waals surface area contributed by atoms with Crippen molar-refractivity contribution >= 4 is 34.6 Å². The molecule has 1 fully saturated rings. The van der Waals surface area contributed by atoms with Crippen molar-refractivity contribution < 1.29 is 18.7 Å². The molecule has 1 atom stereocenters. The Hall–Kier alpha value is -3.53. The number of benzene rings is 2. The molecule has 0 saturated carbocycles. The van der Waals surface area contributed by atoms with E-state index in [0.717, 1.165) is 24.2 Å². The van der Waals surface area contributed by atoms with Gasteiger partial charge in [-0.1, -0.05) is 11.3 Å². The highest BCUT2D eigenvalue weighted by Gasteiger charge is 2.33. The molecule has 0 unspecified atom stereocenters. The summed E-state index contributed by atoms with van der Waals surface area (Å²) in [6.45, 7) is 0.587. The SMILES string of the molecule is COc1ccc(NC(=O)N2CCC[C@@H]2c2nnc(C(=O)Nc3ccc(F)cc3)s2)cc1. The van der Waals surface area contributed by atoms with E-state index in [2.05, 4.69) is 20.8 Å². The highest BCUT2D eigenvalue weighted by Crippen LogP contribution is 2.34. The van der Waals surface area contributed by atoms with E-state index < -0.39 is 5.91 Å². The van der Waals surface area contributed by atoms with Crippen LogP contribution in [-0.2, 0) is 0 Å². The van der Waals surface area contributed by atoms with Crippen molar-refractivity contribution in [1.29, 1.82) is 0 Å². The van der Waals surface area contributed by atoms with E-state index in [1.54, 1.807) is 36.3 Å². The summed E-state index contributed by atoms with van der Waals surface area (Å²) < 4.78 is 18.1. The number of rotatable bonds is 5. The first-order chi connectivity index (χ1) is 15.0. The minimum Gasteiger partial charge on any atom is -0.497 e. The van der Waals surface area contributed by atoms with E-state index >= 15 is 0 Å². The molecule has 1 aliphatic rings. The number of nitrogens with zero attached hydrogens (tertiary/aromatic N) is 3. The van der Waals surface area contributed by atoms with E-state index in [1.165, 1.54) is 24.3 Å². The smallest absolute Gasteiger partial charge is 0.322 e. The van der Waals surface area contributed by atoms with Gasteiger partial charge < -0.3 is 20.3 Å². The molecule has 10 heteroatoms. The third-order valence-corrected chi connectivity index (χ3v) is 5.90. The van der Waals surface area contributed by atoms with Gasteiger partial charge in [-0.25, -0.2) is 9.18 Å². The molecule has 3 amide bonds. The lowest BCUT2D eigenvalue weighted by Crippen LogP contribution is -2.34. The van der Waals surface area contributed by atoms with Crippen LogP contribution in [0.25, 0.3) is 0 Å². The van der Waals surface area contributed by atoms with Crippen molar-refractivity contribution in [2.45, 2.75) is 18.9 Å². The molecule has 0 aliphatic carbocycles. The Morgan fingerprint density at radius 1 is 1.06 bits per heavy atom. The van der Waals surface area contributed by atoms with Crippen molar-refractivity contribution in [3.05, 3.63) is 64.4 Å². The van der Waals surface area contributed by atoms with Gasteiger partial charge in [0, 0.05) is 17.9 Å². The molecule has 8 nitrogen and oxygen atoms in total. The van der Waals surface area contributed by atoms with Crippen LogP contribution >= 0.6 is 11.3 Å². The Morgan fingerprint density at radius 3 is 2.45 bits per heavy atom. The van der Waals surface area contributed by atoms with E-state index in [9.17, 15) is 14.0 Å². The van der Waals surface area contributed by atoms with Crippen molar-refractivity contribution in [1.82, 2.24) is 15.1 Å². The number of amides is 3. The molecule has 1 saturated heterocycles. The number of halogens is 1. The van der Waals surface area contributed by atoms with E-state index in [0.29, 0.717) is 28.7 Å². The van der Waals surface area contributed by atoms with Gasteiger partial charge in [-0.15, -0.1) is 10.2 Å². The fraction of sp³-hybridized carbons (Fsp3) is 0.238. The molecule has 1 aromatic heterocycles. The quantitative estimate of drug-likeness (QED) is 0.615. The van der Waals surface area contributed by atoms with Crippen LogP contribution in [0.1, 0.15) is 33.7 Å². The van der Waals surface area contributed by atoms with Crippen LogP contribution < -0.4 is 15.4 Å². The number of anilines is 2. The summed E-state index contributed by atoms with van der Waals surface area (Å²) in [5.41, 5.74) is 1.12. The predicted molar refractivity (Wildman–Crippen MR) is 115 cm³/mol. The summed E-state index contributed by atoms with van der Waals surface area (Å²) in [5, 5.41) is 14.5. The zero-order chi connectivity index (χ0) is 21.8. The maximum atomic E-state index is 13.0. The molecule has 31 heavy (non-hydrogen) atoms. The normalized spacial score (nSPS) is 15.5. The number of likely N-dealkylation sites (tertiary alicyclic amines) is 1. The Labute approximate surface area is 182 Å². The maximum absolute atomic E-state index is 13.0. The number of urea groups is 1. The number of aromatic nitrogens is 2. The van der Waals surface area contributed by atoms with Crippen LogP contribution in [0.3, 0.4) is 0 Å². The number of hydrogen-bond acceptors (Lipinski definition) is 6. The Morgan fingerprint density at radius 2 is 1.74 bits per heavy atom. The van der Waals surface area contributed by atoms with Gasteiger partial charge in [0.15, 0.2) is 0 Å². The van der Waals surface area contributed by atoms with Crippen LogP contribution in [0.4, 0.5) is 20.6 Å². The number of ether oxygens (including phenoxy) is 1. The zero-order valence-corrected chi connectivity index (χ0v) is 17.5. The van der Waals surface area contributed by atoms with Gasteiger partial charge in [-0.2, -0.15) is 0 Å². The minimum absolute atomic E-state index is 0.182. The largest absolute Gasteiger partial charge is 0.497 e. The Kier molecular flexibility index (Phi) is 6.08. The second-order valence-electron chi connectivity index (χ2n) is 6.92. The van der Waals surface area contributed by atoms with E-state index in [1.807, 2.05) is 0 Å². The average Bonchev–Trinajstić information content (AvgIpc) is 3.45. The molecule has 1 aliphatic heterocycles. The Balaban J connectivity index is 1.42. The highest BCUT2D eigenvalue weighted by atomic mass is 32.1. The summed E-state index contributed by atoms with van der Waals surface area (Å²) >= 11 is 1.15. The monoisotopic (exact) mass is 441 g/mol. The summed E-state index contributed by atoms with van der Waals surface area (Å²) in [5.74, 6) is -0.106. The molecule has 2 N–H and O–H groups in total. The van der Waals surface area contributed by atoms with Crippen LogP contribution in [-0.4, -0.2) is 40.7 Å². The van der Waals surface area contributed by atoms with Crippen LogP contribution in [0, 0.1) is 5.82 Å². The van der Waals surface area contributed by atoms with Gasteiger partial charge >= 0.3 is 6.03 Å². The highest BCUT2D eigenvalue weighted by molar-refractivity contribution is 7.13. The second-order valence-corrected chi connectivity index (χ2v) is 7.93. The van der Waals surface area contributed by atoms with Gasteiger partial charge in [-0.05, 0) is 61.4 Å². The standard InChI is InChI=1S/C21H20FN5O3S/c1-30-16-10-8-15(9-11-16)24-21(29)27-12-2-3-17(27)19-25-26-20(31-19)18(28)23-14-6-4-13(22)5-7-14/h4-11,17H,2-3,12H2,1H3,(H,23,28)(H,24,29)/t17-/m1/s1. The molecule has 0 radical (unpaired) electrons. The fourth-order valence-corrected chi connectivity index (χ4v) is 4.20. The minimum atomic E-state index is -0.428. The van der Waals surface area contributed by atoms with Crippen molar-refractivity contribution in [3.63, 3.8) is 0 Å². The van der Waals surface area contributed by atoms with E-state index in [-0.39, 0.29) is 22.9 Å². The number of methoxy groups -OCH3 is 1. The molecule has 0 spiro atoms. The third kappa shape index (κ3) is 4.80. The lowest BCUT2D eigenvalue weighted by atomic mass is 10.2. The van der Waals surface area contributed by atoms with Crippen LogP contribution in [0.2, 0.25) is 0 Å². The van der Waals surface area contributed by atoms with Gasteiger partial charge in [0.1, 0.15) is 16.6 Å². The molecule has 2 heterocycles. The van der Waals surface area contributed by atoms with E-state index in [4.69, 9.17) is 4.74 Å². The van der Waals surface area contributed by atoms with Crippen LogP contribution in [0.15, 0.2) is 48.5 Å².